The van der Waals surface area contributed by atoms with Crippen LogP contribution < -0.4 is 4.72 Å². The van der Waals surface area contributed by atoms with Gasteiger partial charge in [-0.15, -0.1) is 0 Å². The molecule has 0 saturated carbocycles. The standard InChI is InChI=1S/C21H23F4N3O3S/c1-4-19(29)20(5-2,13-6-8-14(9-7-13)21(23,24)25)28-18-11-15(22)10-17(16(18)12-26-28)27-32(3,30)31/h6-12,19,27,29H,4-5H2,1-3H3. The summed E-state index contributed by atoms with van der Waals surface area (Å²) in [6.45, 7) is 3.45. The van der Waals surface area contributed by atoms with E-state index >= 15 is 0 Å². The van der Waals surface area contributed by atoms with Crippen LogP contribution in [-0.4, -0.2) is 35.7 Å². The molecule has 0 fully saturated rings. The molecule has 6 nitrogen and oxygen atoms in total. The second kappa shape index (κ2) is 8.36. The summed E-state index contributed by atoms with van der Waals surface area (Å²) in [6.07, 6.45) is -2.89. The molecular formula is C21H23F4N3O3S. The number of nitrogens with zero attached hydrogens (tertiary/aromatic N) is 2. The Kier molecular flexibility index (Phi) is 6.27. The van der Waals surface area contributed by atoms with E-state index in [1.807, 2.05) is 0 Å². The maximum Gasteiger partial charge on any atom is 0.416 e. The highest BCUT2D eigenvalue weighted by atomic mass is 32.2. The highest BCUT2D eigenvalue weighted by molar-refractivity contribution is 7.92. The number of benzene rings is 2. The van der Waals surface area contributed by atoms with E-state index in [-0.39, 0.29) is 29.4 Å². The lowest BCUT2D eigenvalue weighted by atomic mass is 9.80. The Morgan fingerprint density at radius 2 is 1.72 bits per heavy atom. The number of sulfonamides is 1. The van der Waals surface area contributed by atoms with Crippen LogP contribution in [0.2, 0.25) is 0 Å². The van der Waals surface area contributed by atoms with Gasteiger partial charge in [0.2, 0.25) is 10.0 Å². The van der Waals surface area contributed by atoms with Crippen LogP contribution in [0, 0.1) is 5.82 Å². The van der Waals surface area contributed by atoms with Gasteiger partial charge in [-0.1, -0.05) is 26.0 Å². The summed E-state index contributed by atoms with van der Waals surface area (Å²) in [5.41, 5.74) is -1.65. The molecule has 3 rings (SSSR count). The number of hydrogen-bond donors (Lipinski definition) is 2. The van der Waals surface area contributed by atoms with Crippen molar-refractivity contribution in [3.05, 3.63) is 59.5 Å². The fourth-order valence-electron chi connectivity index (χ4n) is 4.03. The molecule has 174 valence electrons. The van der Waals surface area contributed by atoms with E-state index in [0.29, 0.717) is 5.56 Å². The van der Waals surface area contributed by atoms with E-state index in [1.165, 1.54) is 23.0 Å². The number of alkyl halides is 3. The molecule has 0 aliphatic carbocycles. The second-order valence-corrected chi connectivity index (χ2v) is 9.34. The van der Waals surface area contributed by atoms with Crippen molar-refractivity contribution in [3.8, 4) is 0 Å². The lowest BCUT2D eigenvalue weighted by Crippen LogP contribution is -2.46. The predicted molar refractivity (Wildman–Crippen MR) is 113 cm³/mol. The van der Waals surface area contributed by atoms with E-state index < -0.39 is 39.2 Å². The number of fused-ring (bicyclic) bond motifs is 1. The molecule has 2 N–H and O–H groups in total. The molecule has 0 amide bonds. The molecule has 0 saturated heterocycles. The van der Waals surface area contributed by atoms with Gasteiger partial charge in [0.05, 0.1) is 35.3 Å². The van der Waals surface area contributed by atoms with E-state index in [9.17, 15) is 31.1 Å². The van der Waals surface area contributed by atoms with Crippen LogP contribution in [0.15, 0.2) is 42.6 Å². The Bertz CT molecular complexity index is 1220. The van der Waals surface area contributed by atoms with Gasteiger partial charge in [0, 0.05) is 5.39 Å². The second-order valence-electron chi connectivity index (χ2n) is 7.59. The fourth-order valence-corrected chi connectivity index (χ4v) is 4.59. The third-order valence-corrected chi connectivity index (χ3v) is 6.11. The number of aliphatic hydroxyl groups is 1. The van der Waals surface area contributed by atoms with Crippen molar-refractivity contribution >= 4 is 26.6 Å². The highest BCUT2D eigenvalue weighted by Gasteiger charge is 2.42. The van der Waals surface area contributed by atoms with Gasteiger partial charge in [-0.2, -0.15) is 18.3 Å². The molecule has 1 heterocycles. The van der Waals surface area contributed by atoms with Crippen molar-refractivity contribution in [3.63, 3.8) is 0 Å². The van der Waals surface area contributed by atoms with Crippen molar-refractivity contribution in [2.24, 2.45) is 0 Å². The Hall–Kier alpha value is -2.66. The average Bonchev–Trinajstić information content (AvgIpc) is 3.11. The number of anilines is 1. The van der Waals surface area contributed by atoms with Gasteiger partial charge in [0.25, 0.3) is 0 Å². The first kappa shape index (κ1) is 24.0. The molecule has 0 aliphatic rings. The van der Waals surface area contributed by atoms with Gasteiger partial charge < -0.3 is 5.11 Å². The number of nitrogens with one attached hydrogen (secondary N) is 1. The largest absolute Gasteiger partial charge is 0.416 e. The van der Waals surface area contributed by atoms with Crippen LogP contribution in [0.3, 0.4) is 0 Å². The summed E-state index contributed by atoms with van der Waals surface area (Å²) in [5, 5.41) is 15.6. The van der Waals surface area contributed by atoms with E-state index in [4.69, 9.17) is 0 Å². The molecule has 0 spiro atoms. The monoisotopic (exact) mass is 473 g/mol. The minimum absolute atomic E-state index is 0.0304. The molecule has 2 atom stereocenters. The summed E-state index contributed by atoms with van der Waals surface area (Å²) in [6, 6.07) is 6.54. The van der Waals surface area contributed by atoms with Crippen molar-refractivity contribution in [1.29, 1.82) is 0 Å². The minimum Gasteiger partial charge on any atom is -0.390 e. The Morgan fingerprint density at radius 1 is 1.12 bits per heavy atom. The van der Waals surface area contributed by atoms with Crippen LogP contribution in [0.5, 0.6) is 0 Å². The topological polar surface area (TPSA) is 84.2 Å². The maximum atomic E-state index is 14.4. The normalized spacial score (nSPS) is 15.5. The van der Waals surface area contributed by atoms with Crippen LogP contribution in [0.4, 0.5) is 23.2 Å². The zero-order valence-corrected chi connectivity index (χ0v) is 18.4. The molecule has 32 heavy (non-hydrogen) atoms. The molecule has 3 aromatic rings. The lowest BCUT2D eigenvalue weighted by molar-refractivity contribution is -0.137. The minimum atomic E-state index is -4.52. The van der Waals surface area contributed by atoms with E-state index in [1.54, 1.807) is 13.8 Å². The molecular weight excluding hydrogens is 450 g/mol. The van der Waals surface area contributed by atoms with Gasteiger partial charge in [0.1, 0.15) is 11.4 Å². The summed E-state index contributed by atoms with van der Waals surface area (Å²) in [7, 11) is -3.72. The van der Waals surface area contributed by atoms with Crippen LogP contribution in [0.1, 0.15) is 37.8 Å². The Labute approximate surface area is 182 Å². The first-order chi connectivity index (χ1) is 14.8. The molecule has 11 heteroatoms. The van der Waals surface area contributed by atoms with Gasteiger partial charge >= 0.3 is 6.18 Å². The van der Waals surface area contributed by atoms with Gasteiger partial charge in [0.15, 0.2) is 0 Å². The smallest absolute Gasteiger partial charge is 0.390 e. The SMILES string of the molecule is CCC(O)C(CC)(c1ccc(C(F)(F)F)cc1)n1ncc2c(NS(C)(=O)=O)cc(F)cc21. The first-order valence-corrected chi connectivity index (χ1v) is 11.7. The van der Waals surface area contributed by atoms with E-state index in [0.717, 1.165) is 30.5 Å². The van der Waals surface area contributed by atoms with Gasteiger partial charge in [-0.3, -0.25) is 9.40 Å². The predicted octanol–water partition coefficient (Wildman–Crippen LogP) is 4.49. The summed E-state index contributed by atoms with van der Waals surface area (Å²) in [5.74, 6) is -0.742. The number of halogens is 4. The average molecular weight is 473 g/mol. The number of rotatable bonds is 7. The first-order valence-electron chi connectivity index (χ1n) is 9.84. The third-order valence-electron chi connectivity index (χ3n) is 5.52. The molecule has 2 aromatic carbocycles. The zero-order valence-electron chi connectivity index (χ0n) is 17.6. The lowest BCUT2D eigenvalue weighted by Gasteiger charge is -2.38. The maximum absolute atomic E-state index is 14.4. The number of aromatic nitrogens is 2. The zero-order chi connectivity index (χ0) is 23.9. The fraction of sp³-hybridized carbons (Fsp3) is 0.381. The van der Waals surface area contributed by atoms with E-state index in [2.05, 4.69) is 9.82 Å². The van der Waals surface area contributed by atoms with Crippen LogP contribution >= 0.6 is 0 Å². The third kappa shape index (κ3) is 4.31. The Balaban J connectivity index is 2.29. The summed E-state index contributed by atoms with van der Waals surface area (Å²) < 4.78 is 80.6. The van der Waals surface area contributed by atoms with Crippen molar-refractivity contribution in [2.75, 3.05) is 11.0 Å². The van der Waals surface area contributed by atoms with Crippen LogP contribution in [0.25, 0.3) is 10.9 Å². The molecule has 0 bridgehead atoms. The summed E-state index contributed by atoms with van der Waals surface area (Å²) >= 11 is 0. The molecule has 1 aromatic heterocycles. The van der Waals surface area contributed by atoms with Crippen molar-refractivity contribution < 1.29 is 31.1 Å². The number of hydrogen-bond acceptors (Lipinski definition) is 4. The quantitative estimate of drug-likeness (QED) is 0.496. The van der Waals surface area contributed by atoms with Crippen molar-refractivity contribution in [2.45, 2.75) is 44.5 Å². The highest BCUT2D eigenvalue weighted by Crippen LogP contribution is 2.40. The van der Waals surface area contributed by atoms with Gasteiger partial charge in [-0.25, -0.2) is 12.8 Å². The van der Waals surface area contributed by atoms with Crippen LogP contribution in [-0.2, 0) is 21.7 Å². The molecule has 0 radical (unpaired) electrons. The number of aliphatic hydroxyl groups excluding tert-OH is 1. The molecule has 0 aliphatic heterocycles. The molecule has 2 unspecified atom stereocenters. The summed E-state index contributed by atoms with van der Waals surface area (Å²) in [4.78, 5) is 0. The Morgan fingerprint density at radius 3 is 2.22 bits per heavy atom. The van der Waals surface area contributed by atoms with Gasteiger partial charge in [-0.05, 0) is 42.7 Å². The van der Waals surface area contributed by atoms with Crippen molar-refractivity contribution in [1.82, 2.24) is 9.78 Å².